The van der Waals surface area contributed by atoms with Crippen molar-refractivity contribution in [1.29, 1.82) is 0 Å². The molecular formula is C30H36N4O5Si. The third-order valence-corrected chi connectivity index (χ3v) is 12.2. The van der Waals surface area contributed by atoms with Gasteiger partial charge in [-0.05, 0) is 33.4 Å². The lowest BCUT2D eigenvalue weighted by Gasteiger charge is -2.49. The summed E-state index contributed by atoms with van der Waals surface area (Å²) >= 11 is 0. The van der Waals surface area contributed by atoms with Crippen molar-refractivity contribution in [3.63, 3.8) is 0 Å². The number of alkyl carbamates (subject to hydrolysis) is 1. The van der Waals surface area contributed by atoms with Crippen LogP contribution in [0.25, 0.3) is 10.4 Å². The molecule has 9 nitrogen and oxygen atoms in total. The van der Waals surface area contributed by atoms with Crippen molar-refractivity contribution < 1.29 is 23.8 Å². The van der Waals surface area contributed by atoms with E-state index < -0.39 is 45.0 Å². The summed E-state index contributed by atoms with van der Waals surface area (Å²) in [5.41, 5.74) is 10.3. The van der Waals surface area contributed by atoms with Gasteiger partial charge in [-0.1, -0.05) is 117 Å². The topological polar surface area (TPSA) is 126 Å². The van der Waals surface area contributed by atoms with Gasteiger partial charge in [-0.3, -0.25) is 0 Å². The van der Waals surface area contributed by atoms with Crippen molar-refractivity contribution in [2.45, 2.75) is 69.9 Å². The molecule has 1 heterocycles. The number of aliphatic hydroxyl groups excluding tert-OH is 1. The SMILES string of the molecule is C[C@H]1O[C@@H](O[Si](c2ccccc2)(c2ccccc2)C(C)(C)C)[C@H](N=[N+]=[N-])[C@@H](O)[C@H]1NC(=O)OCc1ccccc1. The molecule has 0 spiro atoms. The van der Waals surface area contributed by atoms with E-state index in [0.29, 0.717) is 0 Å². The van der Waals surface area contributed by atoms with Gasteiger partial charge in [-0.25, -0.2) is 4.79 Å². The van der Waals surface area contributed by atoms with E-state index in [1.54, 1.807) is 6.92 Å². The Labute approximate surface area is 235 Å². The third-order valence-electron chi connectivity index (χ3n) is 7.24. The van der Waals surface area contributed by atoms with Gasteiger partial charge in [-0.15, -0.1) is 0 Å². The lowest BCUT2D eigenvalue weighted by atomic mass is 9.96. The number of azide groups is 1. The molecule has 1 amide bonds. The third kappa shape index (κ3) is 6.22. The Hall–Kier alpha value is -3.66. The number of ether oxygens (including phenoxy) is 2. The predicted molar refractivity (Wildman–Crippen MR) is 156 cm³/mol. The fourth-order valence-corrected chi connectivity index (χ4v) is 9.84. The van der Waals surface area contributed by atoms with Gasteiger partial charge in [0.15, 0.2) is 6.29 Å². The standard InChI is InChI=1S/C30H36N4O5Si/c1-21-25(32-29(36)37-20-22-14-8-5-9-15-22)27(35)26(33-34-31)28(38-21)39-40(30(2,3)4,23-16-10-6-11-17-23)24-18-12-7-13-19-24/h5-19,21,25-28,35H,20H2,1-4H3,(H,32,36)/t21-,25+,26-,27+,28+/m1/s1. The molecule has 5 atom stereocenters. The van der Waals surface area contributed by atoms with Crippen LogP contribution in [0.2, 0.25) is 5.04 Å². The Bertz CT molecular complexity index is 1260. The van der Waals surface area contributed by atoms with Crippen LogP contribution in [-0.4, -0.2) is 50.1 Å². The summed E-state index contributed by atoms with van der Waals surface area (Å²) in [6, 6.07) is 27.2. The number of carbonyl (C=O) groups excluding carboxylic acids is 1. The first-order valence-electron chi connectivity index (χ1n) is 13.3. The molecule has 2 N–H and O–H groups in total. The van der Waals surface area contributed by atoms with Crippen LogP contribution in [0.5, 0.6) is 0 Å². The summed E-state index contributed by atoms with van der Waals surface area (Å²) in [6.07, 6.45) is -3.74. The van der Waals surface area contributed by atoms with E-state index in [0.717, 1.165) is 15.9 Å². The number of hydrogen-bond donors (Lipinski definition) is 2. The molecule has 0 aliphatic carbocycles. The molecule has 0 unspecified atom stereocenters. The number of rotatable bonds is 8. The van der Waals surface area contributed by atoms with E-state index in [2.05, 4.69) is 36.1 Å². The van der Waals surface area contributed by atoms with Gasteiger partial charge in [0, 0.05) is 4.91 Å². The number of hydrogen-bond acceptors (Lipinski definition) is 6. The van der Waals surface area contributed by atoms with Crippen molar-refractivity contribution in [1.82, 2.24) is 5.32 Å². The maximum atomic E-state index is 12.6. The lowest BCUT2D eigenvalue weighted by molar-refractivity contribution is -0.197. The van der Waals surface area contributed by atoms with Gasteiger partial charge in [0.25, 0.3) is 8.32 Å². The number of aliphatic hydroxyl groups is 1. The second-order valence-corrected chi connectivity index (χ2v) is 15.2. The summed E-state index contributed by atoms with van der Waals surface area (Å²) in [7, 11) is -3.10. The van der Waals surface area contributed by atoms with E-state index in [9.17, 15) is 15.4 Å². The summed E-state index contributed by atoms with van der Waals surface area (Å²) in [5, 5.41) is 19.6. The molecule has 1 fully saturated rings. The first-order chi connectivity index (χ1) is 19.2. The van der Waals surface area contributed by atoms with Crippen LogP contribution in [0.3, 0.4) is 0 Å². The fraction of sp³-hybridized carbons (Fsp3) is 0.367. The van der Waals surface area contributed by atoms with Crippen molar-refractivity contribution in [2.24, 2.45) is 5.11 Å². The molecule has 1 saturated heterocycles. The number of amides is 1. The molecule has 210 valence electrons. The Morgan fingerprint density at radius 3 is 2.02 bits per heavy atom. The lowest BCUT2D eigenvalue weighted by Crippen LogP contribution is -2.71. The average Bonchev–Trinajstić information content (AvgIpc) is 2.95. The summed E-state index contributed by atoms with van der Waals surface area (Å²) in [6.45, 7) is 8.18. The van der Waals surface area contributed by atoms with Crippen LogP contribution >= 0.6 is 0 Å². The largest absolute Gasteiger partial charge is 0.445 e. The highest BCUT2D eigenvalue weighted by Gasteiger charge is 2.55. The van der Waals surface area contributed by atoms with Gasteiger partial charge < -0.3 is 24.3 Å². The maximum absolute atomic E-state index is 12.6. The van der Waals surface area contributed by atoms with E-state index >= 15 is 0 Å². The monoisotopic (exact) mass is 560 g/mol. The molecule has 4 rings (SSSR count). The summed E-state index contributed by atoms with van der Waals surface area (Å²) in [4.78, 5) is 15.6. The smallest absolute Gasteiger partial charge is 0.407 e. The highest BCUT2D eigenvalue weighted by atomic mass is 28.4. The Morgan fingerprint density at radius 2 is 1.52 bits per heavy atom. The molecule has 1 aliphatic rings. The summed E-state index contributed by atoms with van der Waals surface area (Å²) < 4.78 is 18.7. The zero-order valence-electron chi connectivity index (χ0n) is 23.2. The minimum atomic E-state index is -3.10. The van der Waals surface area contributed by atoms with Crippen LogP contribution < -0.4 is 15.7 Å². The molecule has 3 aromatic rings. The Balaban J connectivity index is 1.63. The molecule has 0 bridgehead atoms. The first-order valence-corrected chi connectivity index (χ1v) is 15.2. The van der Waals surface area contributed by atoms with Crippen molar-refractivity contribution in [3.05, 3.63) is 107 Å². The van der Waals surface area contributed by atoms with Crippen molar-refractivity contribution in [3.8, 4) is 0 Å². The molecule has 0 radical (unpaired) electrons. The normalized spacial score (nSPS) is 23.1. The second kappa shape index (κ2) is 12.7. The van der Waals surface area contributed by atoms with Crippen LogP contribution in [-0.2, 0) is 20.5 Å². The predicted octanol–water partition coefficient (Wildman–Crippen LogP) is 4.64. The second-order valence-electron chi connectivity index (χ2n) is 10.9. The van der Waals surface area contributed by atoms with E-state index in [1.807, 2.05) is 91.0 Å². The molecule has 0 saturated carbocycles. The Morgan fingerprint density at radius 1 is 1.00 bits per heavy atom. The molecule has 0 aromatic heterocycles. The van der Waals surface area contributed by atoms with Crippen molar-refractivity contribution >= 4 is 24.8 Å². The van der Waals surface area contributed by atoms with Crippen LogP contribution in [0.1, 0.15) is 33.3 Å². The average molecular weight is 561 g/mol. The van der Waals surface area contributed by atoms with Crippen LogP contribution in [0.15, 0.2) is 96.1 Å². The van der Waals surface area contributed by atoms with E-state index in [4.69, 9.17) is 13.9 Å². The number of nitrogens with zero attached hydrogens (tertiary/aromatic N) is 3. The highest BCUT2D eigenvalue weighted by molar-refractivity contribution is 6.99. The number of nitrogens with one attached hydrogen (secondary N) is 1. The van der Waals surface area contributed by atoms with Gasteiger partial charge in [0.2, 0.25) is 0 Å². The number of benzene rings is 3. The van der Waals surface area contributed by atoms with Gasteiger partial charge in [-0.2, -0.15) is 0 Å². The zero-order chi connectivity index (χ0) is 28.8. The fourth-order valence-electron chi connectivity index (χ4n) is 5.28. The van der Waals surface area contributed by atoms with Gasteiger partial charge in [0.05, 0.1) is 18.2 Å². The summed E-state index contributed by atoms with van der Waals surface area (Å²) in [5.74, 6) is 0. The molecule has 3 aromatic carbocycles. The Kier molecular flexibility index (Phi) is 9.29. The molecule has 1 aliphatic heterocycles. The molecule has 10 heteroatoms. The van der Waals surface area contributed by atoms with Gasteiger partial charge in [0.1, 0.15) is 12.6 Å². The van der Waals surface area contributed by atoms with Crippen molar-refractivity contribution in [2.75, 3.05) is 0 Å². The molecular weight excluding hydrogens is 524 g/mol. The first kappa shape index (κ1) is 29.3. The number of carbonyl (C=O) groups is 1. The minimum absolute atomic E-state index is 0.0735. The maximum Gasteiger partial charge on any atom is 0.407 e. The van der Waals surface area contributed by atoms with Crippen LogP contribution in [0, 0.1) is 0 Å². The molecule has 40 heavy (non-hydrogen) atoms. The quantitative estimate of drug-likeness (QED) is 0.180. The zero-order valence-corrected chi connectivity index (χ0v) is 24.2. The van der Waals surface area contributed by atoms with Gasteiger partial charge >= 0.3 is 6.09 Å². The van der Waals surface area contributed by atoms with E-state index in [-0.39, 0.29) is 11.6 Å². The minimum Gasteiger partial charge on any atom is -0.445 e. The van der Waals surface area contributed by atoms with Crippen LogP contribution in [0.4, 0.5) is 4.79 Å². The van der Waals surface area contributed by atoms with E-state index in [1.165, 1.54) is 0 Å². The highest BCUT2D eigenvalue weighted by Crippen LogP contribution is 2.39.